The highest BCUT2D eigenvalue weighted by Gasteiger charge is 2.36. The molecule has 0 spiro atoms. The first-order chi connectivity index (χ1) is 14.3. The molecule has 0 N–H and O–H groups in total. The van der Waals surface area contributed by atoms with Crippen molar-refractivity contribution < 1.29 is 37.6 Å². The molecule has 0 fully saturated rings. The fourth-order valence-corrected chi connectivity index (χ4v) is 4.96. The van der Waals surface area contributed by atoms with Crippen LogP contribution in [0.5, 0.6) is 5.75 Å². The Morgan fingerprint density at radius 1 is 0.967 bits per heavy atom. The Morgan fingerprint density at radius 3 is 2.20 bits per heavy atom. The fourth-order valence-electron chi connectivity index (χ4n) is 2.62. The molecule has 0 aromatic heterocycles. The summed E-state index contributed by atoms with van der Waals surface area (Å²) in [6.45, 7) is 0. The van der Waals surface area contributed by atoms with Gasteiger partial charge >= 0.3 is 4.99 Å². The van der Waals surface area contributed by atoms with E-state index in [2.05, 4.69) is 3.74 Å². The van der Waals surface area contributed by atoms with Gasteiger partial charge in [-0.15, -0.1) is 0 Å². The molecule has 10 heteroatoms. The second-order valence-electron chi connectivity index (χ2n) is 5.93. The third-order valence-corrected chi connectivity index (χ3v) is 6.46. The zero-order chi connectivity index (χ0) is 21.7. The van der Waals surface area contributed by atoms with E-state index in [-0.39, 0.29) is 4.91 Å². The van der Waals surface area contributed by atoms with Gasteiger partial charge < -0.3 is 4.74 Å². The van der Waals surface area contributed by atoms with Gasteiger partial charge in [0.25, 0.3) is 0 Å². The Balaban J connectivity index is 2.06. The normalized spacial score (nSPS) is 16.9. The van der Waals surface area contributed by atoms with Crippen LogP contribution in [0.2, 0.25) is 0 Å². The number of methoxy groups -OCH3 is 1. The third kappa shape index (κ3) is 5.63. The van der Waals surface area contributed by atoms with Gasteiger partial charge in [-0.05, 0) is 34.9 Å². The van der Waals surface area contributed by atoms with Gasteiger partial charge in [-0.1, -0.05) is 54.6 Å². The van der Waals surface area contributed by atoms with Gasteiger partial charge in [0, 0.05) is 6.08 Å². The minimum absolute atomic E-state index is 0.214. The summed E-state index contributed by atoms with van der Waals surface area (Å²) in [5, 5.41) is 11.6. The molecule has 1 heterocycles. The Hall–Kier alpha value is -2.79. The molecule has 1 unspecified atom stereocenters. The second kappa shape index (κ2) is 9.35. The van der Waals surface area contributed by atoms with Crippen molar-refractivity contribution in [2.45, 2.75) is 0 Å². The molecule has 0 amide bonds. The zero-order valence-electron chi connectivity index (χ0n) is 15.6. The quantitative estimate of drug-likeness (QED) is 0.367. The van der Waals surface area contributed by atoms with E-state index in [1.807, 2.05) is 12.1 Å². The van der Waals surface area contributed by atoms with E-state index >= 15 is 0 Å². The lowest BCUT2D eigenvalue weighted by Crippen LogP contribution is -2.60. The predicted octanol–water partition coefficient (Wildman–Crippen LogP) is 1.19. The van der Waals surface area contributed by atoms with Crippen molar-refractivity contribution in [2.24, 2.45) is 0 Å². The van der Waals surface area contributed by atoms with Gasteiger partial charge in [-0.2, -0.15) is 14.0 Å². The van der Waals surface area contributed by atoms with Gasteiger partial charge in [-0.3, -0.25) is 10.1 Å². The fraction of sp³-hybridized carbons (Fsp3) is 0.0500. The van der Waals surface area contributed by atoms with E-state index in [9.17, 15) is 24.1 Å². The van der Waals surface area contributed by atoms with Crippen molar-refractivity contribution in [3.63, 3.8) is 0 Å². The maximum Gasteiger partial charge on any atom is 0.337 e. The summed E-state index contributed by atoms with van der Waals surface area (Å²) in [4.78, 5) is 10.5. The van der Waals surface area contributed by atoms with Gasteiger partial charge in [0.2, 0.25) is 10.8 Å². The summed E-state index contributed by atoms with van der Waals surface area (Å²) in [7, 11) is -5.32. The summed E-state index contributed by atoms with van der Waals surface area (Å²) in [6.07, 6.45) is 6.15. The van der Waals surface area contributed by atoms with Crippen LogP contribution in [0.3, 0.4) is 0 Å². The van der Waals surface area contributed by atoms with Crippen LogP contribution in [0, 0.1) is 20.4 Å². The lowest BCUT2D eigenvalue weighted by atomic mass is 10.1. The van der Waals surface area contributed by atoms with Gasteiger partial charge in [-0.25, -0.2) is 0 Å². The van der Waals surface area contributed by atoms with Crippen molar-refractivity contribution in [3.8, 4) is 5.75 Å². The second-order valence-corrected chi connectivity index (χ2v) is 8.59. The largest absolute Gasteiger partial charge is 0.497 e. The summed E-state index contributed by atoms with van der Waals surface area (Å²) in [5.41, 5.74) is 1.78. The molecular weight excluding hydrogens is 434 g/mol. The van der Waals surface area contributed by atoms with Crippen LogP contribution >= 0.6 is 10.8 Å². The van der Waals surface area contributed by atoms with Gasteiger partial charge in [0.1, 0.15) is 9.49 Å². The highest BCUT2D eigenvalue weighted by atomic mass is 35.7. The number of nitrogens with zero attached hydrogens (tertiary/aromatic N) is 1. The Kier molecular flexibility index (Phi) is 6.83. The van der Waals surface area contributed by atoms with E-state index in [0.29, 0.717) is 16.9 Å². The highest BCUT2D eigenvalue weighted by Crippen LogP contribution is 2.42. The van der Waals surface area contributed by atoms with Crippen LogP contribution in [0.4, 0.5) is 0 Å². The minimum Gasteiger partial charge on any atom is -0.497 e. The van der Waals surface area contributed by atoms with E-state index < -0.39 is 30.9 Å². The van der Waals surface area contributed by atoms with Gasteiger partial charge in [0.15, 0.2) is 0 Å². The van der Waals surface area contributed by atoms with Crippen LogP contribution < -0.4 is 18.7 Å². The van der Waals surface area contributed by atoms with Crippen LogP contribution in [0.25, 0.3) is 11.0 Å². The Bertz CT molecular complexity index is 1050. The van der Waals surface area contributed by atoms with Crippen LogP contribution in [0.1, 0.15) is 11.1 Å². The molecular formula is C20H16ClNO7S. The molecule has 156 valence electrons. The maximum absolute atomic E-state index is 11.6. The van der Waals surface area contributed by atoms with Crippen LogP contribution in [0.15, 0.2) is 78.4 Å². The summed E-state index contributed by atoms with van der Waals surface area (Å²) in [5.74, 6) is 0.693. The molecule has 30 heavy (non-hydrogen) atoms. The summed E-state index contributed by atoms with van der Waals surface area (Å²) in [6, 6.07) is 15.6. The number of hydrogen-bond donors (Lipinski definition) is 0. The van der Waals surface area contributed by atoms with Crippen LogP contribution in [-0.2, 0) is 3.74 Å². The Labute approximate surface area is 177 Å². The first-order valence-electron chi connectivity index (χ1n) is 8.44. The first-order valence-corrected chi connectivity index (χ1v) is 10.8. The van der Waals surface area contributed by atoms with Crippen LogP contribution in [-0.4, -0.2) is 17.0 Å². The number of hydrogen-bond acceptors (Lipinski definition) is 7. The number of rotatable bonds is 6. The SMILES string of the molecule is COc1ccc(C=CC2=CC([N+](=O)[O-])=S(O[Cl+3]([O-])([O-])[O-])C(c3ccccc3)=C2)cc1. The average Bonchev–Trinajstić information content (AvgIpc) is 2.72. The topological polar surface area (TPSA) is 131 Å². The number of allylic oxidation sites excluding steroid dienone is 3. The molecule has 0 radical (unpaired) electrons. The zero-order valence-corrected chi connectivity index (χ0v) is 17.2. The molecule has 2 aromatic carbocycles. The molecule has 0 saturated carbocycles. The summed E-state index contributed by atoms with van der Waals surface area (Å²) < 4.78 is 43.2. The van der Waals surface area contributed by atoms with Crippen molar-refractivity contribution in [3.05, 3.63) is 99.6 Å². The molecule has 0 saturated heterocycles. The number of benzene rings is 2. The van der Waals surface area contributed by atoms with E-state index in [4.69, 9.17) is 4.74 Å². The summed E-state index contributed by atoms with van der Waals surface area (Å²) >= 11 is 0. The maximum atomic E-state index is 11.6. The van der Waals surface area contributed by atoms with Gasteiger partial charge in [0.05, 0.1) is 27.2 Å². The molecule has 2 aromatic rings. The van der Waals surface area contributed by atoms with Crippen molar-refractivity contribution in [1.29, 1.82) is 0 Å². The van der Waals surface area contributed by atoms with E-state index in [0.717, 1.165) is 5.56 Å². The minimum atomic E-state index is -4.87. The molecule has 3 rings (SSSR count). The molecule has 1 aliphatic heterocycles. The molecule has 1 atom stereocenters. The number of nitro groups is 1. The lowest BCUT2D eigenvalue weighted by Gasteiger charge is -2.17. The Morgan fingerprint density at radius 2 is 1.63 bits per heavy atom. The average molecular weight is 450 g/mol. The van der Waals surface area contributed by atoms with E-state index in [1.54, 1.807) is 67.8 Å². The lowest BCUT2D eigenvalue weighted by molar-refractivity contribution is -1.91. The van der Waals surface area contributed by atoms with Crippen molar-refractivity contribution >= 4 is 26.7 Å². The van der Waals surface area contributed by atoms with E-state index in [1.165, 1.54) is 6.08 Å². The molecule has 8 nitrogen and oxygen atoms in total. The highest BCUT2D eigenvalue weighted by molar-refractivity contribution is 8.19. The molecule has 0 aliphatic carbocycles. The molecule has 1 aliphatic rings. The number of ether oxygens (including phenoxy) is 1. The monoisotopic (exact) mass is 449 g/mol. The predicted molar refractivity (Wildman–Crippen MR) is 105 cm³/mol. The molecule has 0 bridgehead atoms. The number of halogens is 1. The van der Waals surface area contributed by atoms with Crippen molar-refractivity contribution in [2.75, 3.05) is 7.11 Å². The third-order valence-electron chi connectivity index (χ3n) is 3.94. The first kappa shape index (κ1) is 21.9. The van der Waals surface area contributed by atoms with Crippen molar-refractivity contribution in [1.82, 2.24) is 0 Å². The standard InChI is InChI=1S/C20H16ClNO7S/c1-28-18-11-9-15(10-12-18)7-8-16-13-19(17-5-3-2-4-6-17)30(29-21(23,24)25)20(14-16)22(26)27/h2-14H,1H3. The smallest absolute Gasteiger partial charge is 0.337 e.